The Bertz CT molecular complexity index is 1050. The zero-order chi connectivity index (χ0) is 26.7. The van der Waals surface area contributed by atoms with Crippen molar-refractivity contribution >= 4 is 47.3 Å². The normalized spacial score (nSPS) is 11.8. The van der Waals surface area contributed by atoms with Crippen molar-refractivity contribution in [3.8, 4) is 0 Å². The lowest BCUT2D eigenvalue weighted by Gasteiger charge is -2.13. The molecule has 1 heterocycles. The fraction of sp³-hybridized carbons (Fsp3) is 0.333. The molecule has 0 fully saturated rings. The molecule has 36 heavy (non-hydrogen) atoms. The van der Waals surface area contributed by atoms with Gasteiger partial charge in [-0.15, -0.1) is 0 Å². The Balaban J connectivity index is 1.60. The van der Waals surface area contributed by atoms with Gasteiger partial charge in [-0.2, -0.15) is 0 Å². The predicted octanol–water partition coefficient (Wildman–Crippen LogP) is -3.96. The van der Waals surface area contributed by atoms with Gasteiger partial charge in [-0.25, -0.2) is 0 Å². The number of amides is 7. The van der Waals surface area contributed by atoms with Crippen molar-refractivity contribution in [3.05, 3.63) is 35.4 Å². The molecule has 0 saturated heterocycles. The van der Waals surface area contributed by atoms with E-state index in [1.54, 1.807) is 12.1 Å². The summed E-state index contributed by atoms with van der Waals surface area (Å²) in [7, 11) is 1.15. The molecule has 7 amide bonds. The third-order valence-corrected chi connectivity index (χ3v) is 4.62. The number of nitrogens with zero attached hydrogens (tertiary/aromatic N) is 1. The molecule has 1 aromatic carbocycles. The van der Waals surface area contributed by atoms with Crippen LogP contribution in [0.3, 0.4) is 0 Å². The lowest BCUT2D eigenvalue weighted by Crippen LogP contribution is -2.47. The Morgan fingerprint density at radius 2 is 1.00 bits per heavy atom. The van der Waals surface area contributed by atoms with Gasteiger partial charge in [0.25, 0.3) is 11.8 Å². The SMILES string of the molecule is COC(=O)CNC(=O)CNC(=O)CNC(=O)CNC(=O)CNC(=O)CN1C(=O)c2ccccc2C1=O. The lowest BCUT2D eigenvalue weighted by molar-refractivity contribution is -0.141. The second-order valence-corrected chi connectivity index (χ2v) is 7.20. The summed E-state index contributed by atoms with van der Waals surface area (Å²) in [4.78, 5) is 94.9. The van der Waals surface area contributed by atoms with Gasteiger partial charge in [-0.1, -0.05) is 12.1 Å². The summed E-state index contributed by atoms with van der Waals surface area (Å²) in [5.74, 6) is -5.42. The number of nitrogens with one attached hydrogen (secondary N) is 5. The predicted molar refractivity (Wildman–Crippen MR) is 119 cm³/mol. The van der Waals surface area contributed by atoms with Crippen LogP contribution in [0.2, 0.25) is 0 Å². The number of carbonyl (C=O) groups is 8. The number of imide groups is 1. The van der Waals surface area contributed by atoms with E-state index in [-0.39, 0.29) is 17.7 Å². The number of carbonyl (C=O) groups excluding carboxylic acids is 8. The Labute approximate surface area is 204 Å². The third-order valence-electron chi connectivity index (χ3n) is 4.62. The van der Waals surface area contributed by atoms with Gasteiger partial charge in [0.2, 0.25) is 29.5 Å². The number of methoxy groups -OCH3 is 1. The highest BCUT2D eigenvalue weighted by Gasteiger charge is 2.36. The van der Waals surface area contributed by atoms with Gasteiger partial charge < -0.3 is 31.3 Å². The van der Waals surface area contributed by atoms with Gasteiger partial charge in [0.15, 0.2) is 0 Å². The second-order valence-electron chi connectivity index (χ2n) is 7.20. The molecule has 1 aliphatic rings. The highest BCUT2D eigenvalue weighted by atomic mass is 16.5. The minimum atomic E-state index is -0.753. The van der Waals surface area contributed by atoms with Gasteiger partial charge in [0.1, 0.15) is 13.1 Å². The first-order valence-electron chi connectivity index (χ1n) is 10.5. The van der Waals surface area contributed by atoms with Crippen LogP contribution in [-0.2, 0) is 33.5 Å². The van der Waals surface area contributed by atoms with Crippen molar-refractivity contribution < 1.29 is 43.1 Å². The van der Waals surface area contributed by atoms with Crippen molar-refractivity contribution in [2.24, 2.45) is 0 Å². The summed E-state index contributed by atoms with van der Waals surface area (Å²) < 4.78 is 4.34. The standard InChI is InChI=1S/C21H24N6O9/c1-36-19(33)10-26-17(31)8-24-15(29)6-22-14(28)7-23-16(30)9-25-18(32)11-27-20(34)12-4-2-3-5-13(12)21(27)35/h2-5H,6-11H2,1H3,(H,22,28)(H,23,30)(H,24,29)(H,25,32)(H,26,31). The van der Waals surface area contributed by atoms with E-state index in [0.29, 0.717) is 0 Å². The maximum atomic E-state index is 12.2. The van der Waals surface area contributed by atoms with Crippen molar-refractivity contribution in [1.82, 2.24) is 31.5 Å². The molecule has 0 saturated carbocycles. The monoisotopic (exact) mass is 504 g/mol. The first kappa shape index (κ1) is 27.4. The lowest BCUT2D eigenvalue weighted by atomic mass is 10.1. The van der Waals surface area contributed by atoms with E-state index in [1.165, 1.54) is 12.1 Å². The smallest absolute Gasteiger partial charge is 0.325 e. The van der Waals surface area contributed by atoms with E-state index < -0.39 is 80.0 Å². The summed E-state index contributed by atoms with van der Waals surface area (Å²) in [5.41, 5.74) is 0.379. The number of hydrogen-bond acceptors (Lipinski definition) is 9. The summed E-state index contributed by atoms with van der Waals surface area (Å²) in [5, 5.41) is 11.1. The molecule has 0 aromatic heterocycles. The Kier molecular flexibility index (Phi) is 10.0. The average Bonchev–Trinajstić information content (AvgIpc) is 3.11. The van der Waals surface area contributed by atoms with Crippen LogP contribution in [0.15, 0.2) is 24.3 Å². The second kappa shape index (κ2) is 13.2. The maximum Gasteiger partial charge on any atom is 0.325 e. The molecule has 1 aromatic rings. The number of esters is 1. The van der Waals surface area contributed by atoms with Crippen molar-refractivity contribution in [3.63, 3.8) is 0 Å². The average molecular weight is 504 g/mol. The van der Waals surface area contributed by atoms with E-state index >= 15 is 0 Å². The molecule has 15 heteroatoms. The maximum absolute atomic E-state index is 12.2. The molecule has 0 atom stereocenters. The molecule has 0 spiro atoms. The number of fused-ring (bicyclic) bond motifs is 1. The summed E-state index contributed by atoms with van der Waals surface area (Å²) in [6, 6.07) is 6.13. The number of ether oxygens (including phenoxy) is 1. The summed E-state index contributed by atoms with van der Waals surface area (Å²) in [6.45, 7) is -2.85. The molecule has 192 valence electrons. The molecule has 0 radical (unpaired) electrons. The van der Waals surface area contributed by atoms with Crippen LogP contribution >= 0.6 is 0 Å². The Morgan fingerprint density at radius 1 is 0.639 bits per heavy atom. The van der Waals surface area contributed by atoms with Gasteiger partial charge in [0, 0.05) is 0 Å². The number of benzene rings is 1. The van der Waals surface area contributed by atoms with Crippen LogP contribution in [0, 0.1) is 0 Å². The van der Waals surface area contributed by atoms with E-state index in [0.717, 1.165) is 12.0 Å². The summed E-state index contributed by atoms with van der Waals surface area (Å²) in [6.07, 6.45) is 0. The van der Waals surface area contributed by atoms with Gasteiger partial charge >= 0.3 is 5.97 Å². The van der Waals surface area contributed by atoms with Crippen LogP contribution in [0.25, 0.3) is 0 Å². The summed E-state index contributed by atoms with van der Waals surface area (Å²) >= 11 is 0. The Hall–Kier alpha value is -4.82. The minimum Gasteiger partial charge on any atom is -0.468 e. The van der Waals surface area contributed by atoms with Gasteiger partial charge in [-0.3, -0.25) is 43.3 Å². The molecule has 0 bridgehead atoms. The first-order valence-corrected chi connectivity index (χ1v) is 10.5. The van der Waals surface area contributed by atoms with Crippen LogP contribution in [-0.4, -0.2) is 98.6 Å². The zero-order valence-electron chi connectivity index (χ0n) is 19.2. The molecule has 0 aliphatic carbocycles. The van der Waals surface area contributed by atoms with E-state index in [4.69, 9.17) is 0 Å². The molecule has 5 N–H and O–H groups in total. The van der Waals surface area contributed by atoms with Crippen molar-refractivity contribution in [2.75, 3.05) is 46.4 Å². The molecule has 15 nitrogen and oxygen atoms in total. The van der Waals surface area contributed by atoms with E-state index in [9.17, 15) is 38.4 Å². The fourth-order valence-corrected chi connectivity index (χ4v) is 2.79. The molecular weight excluding hydrogens is 480 g/mol. The zero-order valence-corrected chi connectivity index (χ0v) is 19.2. The first-order chi connectivity index (χ1) is 17.1. The van der Waals surface area contributed by atoms with Gasteiger partial charge in [0.05, 0.1) is 44.4 Å². The van der Waals surface area contributed by atoms with Crippen molar-refractivity contribution in [2.45, 2.75) is 0 Å². The van der Waals surface area contributed by atoms with E-state index in [1.807, 2.05) is 0 Å². The highest BCUT2D eigenvalue weighted by Crippen LogP contribution is 2.21. The number of hydrogen-bond donors (Lipinski definition) is 5. The topological polar surface area (TPSA) is 209 Å². The third kappa shape index (κ3) is 8.19. The van der Waals surface area contributed by atoms with E-state index in [2.05, 4.69) is 31.3 Å². The van der Waals surface area contributed by atoms with Crippen LogP contribution in [0.5, 0.6) is 0 Å². The van der Waals surface area contributed by atoms with Crippen LogP contribution in [0.4, 0.5) is 0 Å². The fourth-order valence-electron chi connectivity index (χ4n) is 2.79. The Morgan fingerprint density at radius 3 is 1.39 bits per heavy atom. The molecular formula is C21H24N6O9. The van der Waals surface area contributed by atoms with Crippen LogP contribution in [0.1, 0.15) is 20.7 Å². The van der Waals surface area contributed by atoms with Crippen LogP contribution < -0.4 is 26.6 Å². The molecule has 2 rings (SSSR count). The number of rotatable bonds is 12. The van der Waals surface area contributed by atoms with Crippen molar-refractivity contribution in [1.29, 1.82) is 0 Å². The largest absolute Gasteiger partial charge is 0.468 e. The minimum absolute atomic E-state index is 0.189. The van der Waals surface area contributed by atoms with Gasteiger partial charge in [-0.05, 0) is 12.1 Å². The molecule has 1 aliphatic heterocycles. The quantitative estimate of drug-likeness (QED) is 0.139. The molecule has 0 unspecified atom stereocenters. The highest BCUT2D eigenvalue weighted by molar-refractivity contribution is 6.22.